The number of ether oxygens (including phenoxy) is 2. The van der Waals surface area contributed by atoms with Crippen molar-refractivity contribution in [1.82, 2.24) is 9.55 Å². The molecular weight excluding hydrogens is 430 g/mol. The molecule has 7 heteroatoms. The van der Waals surface area contributed by atoms with Crippen molar-refractivity contribution in [1.29, 1.82) is 0 Å². The molecule has 1 saturated heterocycles. The van der Waals surface area contributed by atoms with E-state index in [1.165, 1.54) is 0 Å². The Labute approximate surface area is 198 Å². The van der Waals surface area contributed by atoms with Gasteiger partial charge in [0.05, 0.1) is 24.7 Å². The zero-order valence-electron chi connectivity index (χ0n) is 19.0. The molecule has 174 valence electrons. The molecule has 3 aromatic carbocycles. The highest BCUT2D eigenvalue weighted by molar-refractivity contribution is 5.96. The van der Waals surface area contributed by atoms with Crippen molar-refractivity contribution in [2.75, 3.05) is 25.2 Å². The molecule has 1 aliphatic heterocycles. The van der Waals surface area contributed by atoms with Crippen molar-refractivity contribution in [3.8, 4) is 11.5 Å². The van der Waals surface area contributed by atoms with E-state index in [0.29, 0.717) is 25.3 Å². The van der Waals surface area contributed by atoms with Crippen molar-refractivity contribution < 1.29 is 19.4 Å². The van der Waals surface area contributed by atoms with E-state index in [2.05, 4.69) is 0 Å². The molecule has 34 heavy (non-hydrogen) atoms. The molecule has 1 amide bonds. The number of carbonyl (C=O) groups is 1. The van der Waals surface area contributed by atoms with Crippen molar-refractivity contribution >= 4 is 22.6 Å². The molecule has 1 aromatic heterocycles. The average molecular weight is 458 g/mol. The molecule has 7 nitrogen and oxygen atoms in total. The molecule has 0 bridgehead atoms. The number of aliphatic hydroxyl groups excluding tert-OH is 1. The van der Waals surface area contributed by atoms with E-state index in [-0.39, 0.29) is 18.4 Å². The van der Waals surface area contributed by atoms with Gasteiger partial charge in [0.1, 0.15) is 30.0 Å². The van der Waals surface area contributed by atoms with Gasteiger partial charge in [0.25, 0.3) is 0 Å². The van der Waals surface area contributed by atoms with Crippen LogP contribution in [0.25, 0.3) is 11.0 Å². The van der Waals surface area contributed by atoms with Crippen LogP contribution in [-0.4, -0.2) is 46.9 Å². The number of carbonyl (C=O) groups excluding carboxylic acids is 1. The Balaban J connectivity index is 1.35. The molecule has 0 aliphatic carbocycles. The third-order valence-corrected chi connectivity index (χ3v) is 6.14. The fourth-order valence-electron chi connectivity index (χ4n) is 4.46. The summed E-state index contributed by atoms with van der Waals surface area (Å²) < 4.78 is 13.0. The SMILES string of the molecule is COc1ccc(OC[C@H](O)Cn2c([C@@H]3CC(=O)N(c4ccccc4)C3)nc3ccccc32)cc1. The van der Waals surface area contributed by atoms with Crippen LogP contribution in [0.15, 0.2) is 78.9 Å². The zero-order valence-corrected chi connectivity index (χ0v) is 19.0. The van der Waals surface area contributed by atoms with Crippen LogP contribution in [0, 0.1) is 0 Å². The molecule has 2 heterocycles. The van der Waals surface area contributed by atoms with E-state index in [9.17, 15) is 9.90 Å². The Morgan fingerprint density at radius 1 is 1.00 bits per heavy atom. The van der Waals surface area contributed by atoms with Gasteiger partial charge in [-0.05, 0) is 48.5 Å². The third-order valence-electron chi connectivity index (χ3n) is 6.14. The highest BCUT2D eigenvalue weighted by Gasteiger charge is 2.35. The first-order chi connectivity index (χ1) is 16.6. The number of anilines is 1. The van der Waals surface area contributed by atoms with Crippen molar-refractivity contribution in [3.05, 3.63) is 84.7 Å². The van der Waals surface area contributed by atoms with Crippen LogP contribution >= 0.6 is 0 Å². The van der Waals surface area contributed by atoms with Crippen LogP contribution in [0.1, 0.15) is 18.2 Å². The summed E-state index contributed by atoms with van der Waals surface area (Å²) in [4.78, 5) is 19.5. The van der Waals surface area contributed by atoms with Crippen molar-refractivity contribution in [2.24, 2.45) is 0 Å². The maximum absolute atomic E-state index is 12.8. The molecule has 5 rings (SSSR count). The Kier molecular flexibility index (Phi) is 6.18. The van der Waals surface area contributed by atoms with Gasteiger partial charge in [-0.3, -0.25) is 4.79 Å². The maximum Gasteiger partial charge on any atom is 0.227 e. The first kappa shape index (κ1) is 22.0. The summed E-state index contributed by atoms with van der Waals surface area (Å²) in [7, 11) is 1.61. The minimum atomic E-state index is -0.749. The second-order valence-electron chi connectivity index (χ2n) is 8.45. The molecule has 0 spiro atoms. The molecule has 4 aromatic rings. The Hall–Kier alpha value is -3.84. The van der Waals surface area contributed by atoms with Gasteiger partial charge in [0.15, 0.2) is 0 Å². The van der Waals surface area contributed by atoms with Gasteiger partial charge in [-0.25, -0.2) is 4.98 Å². The van der Waals surface area contributed by atoms with Crippen LogP contribution in [0.3, 0.4) is 0 Å². The van der Waals surface area contributed by atoms with Crippen LogP contribution < -0.4 is 14.4 Å². The lowest BCUT2D eigenvalue weighted by Crippen LogP contribution is -2.26. The van der Waals surface area contributed by atoms with E-state index >= 15 is 0 Å². The standard InChI is InChI=1S/C27H27N3O4/c1-33-22-11-13-23(14-12-22)34-18-21(31)17-30-25-10-6-5-9-24(25)28-27(30)19-15-26(32)29(16-19)20-7-3-2-4-8-20/h2-14,19,21,31H,15-18H2,1H3/t19-,21-/m1/s1. The zero-order chi connectivity index (χ0) is 23.5. The number of hydrogen-bond donors (Lipinski definition) is 1. The second kappa shape index (κ2) is 9.57. The van der Waals surface area contributed by atoms with Gasteiger partial charge in [-0.15, -0.1) is 0 Å². The molecule has 0 radical (unpaired) electrons. The predicted octanol–water partition coefficient (Wildman–Crippen LogP) is 4.01. The topological polar surface area (TPSA) is 76.8 Å². The lowest BCUT2D eigenvalue weighted by atomic mass is 10.1. The summed E-state index contributed by atoms with van der Waals surface area (Å²) in [6.07, 6.45) is -0.364. The highest BCUT2D eigenvalue weighted by atomic mass is 16.5. The number of amides is 1. The fraction of sp³-hybridized carbons (Fsp3) is 0.259. The number of hydrogen-bond acceptors (Lipinski definition) is 5. The van der Waals surface area contributed by atoms with Crippen molar-refractivity contribution in [3.63, 3.8) is 0 Å². The smallest absolute Gasteiger partial charge is 0.227 e. The number of benzene rings is 3. The molecular formula is C27H27N3O4. The Bertz CT molecular complexity index is 1270. The monoisotopic (exact) mass is 457 g/mol. The number of imidazole rings is 1. The maximum atomic E-state index is 12.8. The van der Waals surface area contributed by atoms with Gasteiger partial charge >= 0.3 is 0 Å². The number of aliphatic hydroxyl groups is 1. The van der Waals surface area contributed by atoms with E-state index in [1.807, 2.05) is 88.3 Å². The van der Waals surface area contributed by atoms with Gasteiger partial charge < -0.3 is 24.0 Å². The Morgan fingerprint density at radius 3 is 2.47 bits per heavy atom. The number of aromatic nitrogens is 2. The van der Waals surface area contributed by atoms with Crippen LogP contribution in [0.4, 0.5) is 5.69 Å². The number of fused-ring (bicyclic) bond motifs is 1. The summed E-state index contributed by atoms with van der Waals surface area (Å²) >= 11 is 0. The van der Waals surface area contributed by atoms with Crippen LogP contribution in [-0.2, 0) is 11.3 Å². The van der Waals surface area contributed by atoms with Gasteiger partial charge in [0.2, 0.25) is 5.91 Å². The summed E-state index contributed by atoms with van der Waals surface area (Å²) in [5.41, 5.74) is 2.68. The van der Waals surface area contributed by atoms with E-state index in [4.69, 9.17) is 14.5 Å². The van der Waals surface area contributed by atoms with E-state index in [1.54, 1.807) is 7.11 Å². The van der Waals surface area contributed by atoms with E-state index < -0.39 is 6.10 Å². The number of rotatable bonds is 8. The van der Waals surface area contributed by atoms with Gasteiger partial charge in [0, 0.05) is 24.6 Å². The number of methoxy groups -OCH3 is 1. The van der Waals surface area contributed by atoms with Crippen LogP contribution in [0.5, 0.6) is 11.5 Å². The number of para-hydroxylation sites is 3. The molecule has 2 atom stereocenters. The number of nitrogens with zero attached hydrogens (tertiary/aromatic N) is 3. The summed E-state index contributed by atoms with van der Waals surface area (Å²) in [6.45, 7) is 1.02. The van der Waals surface area contributed by atoms with Gasteiger partial charge in [-0.1, -0.05) is 30.3 Å². The largest absolute Gasteiger partial charge is 0.497 e. The lowest BCUT2D eigenvalue weighted by Gasteiger charge is -2.19. The normalized spacial score (nSPS) is 16.7. The first-order valence-electron chi connectivity index (χ1n) is 11.4. The molecule has 1 aliphatic rings. The lowest BCUT2D eigenvalue weighted by molar-refractivity contribution is -0.117. The highest BCUT2D eigenvalue weighted by Crippen LogP contribution is 2.33. The quantitative estimate of drug-likeness (QED) is 0.433. The molecule has 0 unspecified atom stereocenters. The summed E-state index contributed by atoms with van der Waals surface area (Å²) in [5, 5.41) is 10.8. The fourth-order valence-corrected chi connectivity index (χ4v) is 4.46. The second-order valence-corrected chi connectivity index (χ2v) is 8.45. The molecule has 1 N–H and O–H groups in total. The first-order valence-corrected chi connectivity index (χ1v) is 11.4. The summed E-state index contributed by atoms with van der Waals surface area (Å²) in [6, 6.07) is 24.8. The minimum Gasteiger partial charge on any atom is -0.497 e. The van der Waals surface area contributed by atoms with Crippen molar-refractivity contribution in [2.45, 2.75) is 25.0 Å². The predicted molar refractivity (Wildman–Crippen MR) is 130 cm³/mol. The third kappa shape index (κ3) is 4.47. The molecule has 1 fully saturated rings. The molecule has 0 saturated carbocycles. The van der Waals surface area contributed by atoms with E-state index in [0.717, 1.165) is 28.3 Å². The minimum absolute atomic E-state index is 0.0604. The summed E-state index contributed by atoms with van der Waals surface area (Å²) in [5.74, 6) is 2.25. The van der Waals surface area contributed by atoms with Gasteiger partial charge in [-0.2, -0.15) is 0 Å². The Morgan fingerprint density at radius 2 is 1.71 bits per heavy atom. The van der Waals surface area contributed by atoms with Crippen LogP contribution in [0.2, 0.25) is 0 Å². The average Bonchev–Trinajstić information content (AvgIpc) is 3.44.